The van der Waals surface area contributed by atoms with Crippen LogP contribution in [0.15, 0.2) is 24.9 Å². The van der Waals surface area contributed by atoms with E-state index in [1.165, 1.54) is 0 Å². The molecule has 2 aromatic rings. The van der Waals surface area contributed by atoms with Gasteiger partial charge in [0.2, 0.25) is 5.91 Å². The average Bonchev–Trinajstić information content (AvgIpc) is 3.22. The van der Waals surface area contributed by atoms with Crippen LogP contribution < -0.4 is 10.1 Å². The summed E-state index contributed by atoms with van der Waals surface area (Å²) >= 11 is 0. The van der Waals surface area contributed by atoms with Crippen molar-refractivity contribution in [2.24, 2.45) is 7.05 Å². The van der Waals surface area contributed by atoms with Gasteiger partial charge in [-0.1, -0.05) is 0 Å². The Bertz CT molecular complexity index is 610. The van der Waals surface area contributed by atoms with E-state index >= 15 is 0 Å². The Labute approximate surface area is 127 Å². The second-order valence-corrected chi connectivity index (χ2v) is 5.30. The number of aromatic nitrogens is 4. The summed E-state index contributed by atoms with van der Waals surface area (Å²) in [6.45, 7) is 0.915. The van der Waals surface area contributed by atoms with E-state index in [0.717, 1.165) is 5.69 Å². The number of H-pyrrole nitrogens is 1. The van der Waals surface area contributed by atoms with Crippen LogP contribution in [-0.2, 0) is 23.0 Å². The Balaban J connectivity index is 1.48. The molecule has 0 bridgehead atoms. The van der Waals surface area contributed by atoms with Crippen molar-refractivity contribution in [1.82, 2.24) is 25.1 Å². The summed E-state index contributed by atoms with van der Waals surface area (Å²) in [4.78, 5) is 16.1. The molecular weight excluding hydrogens is 286 g/mol. The Morgan fingerprint density at radius 3 is 3.18 bits per heavy atom. The second kappa shape index (κ2) is 6.61. The highest BCUT2D eigenvalue weighted by molar-refractivity contribution is 5.76. The first-order valence-electron chi connectivity index (χ1n) is 7.20. The third-order valence-corrected chi connectivity index (χ3v) is 3.66. The van der Waals surface area contributed by atoms with Gasteiger partial charge in [0.15, 0.2) is 5.75 Å². The van der Waals surface area contributed by atoms with E-state index in [0.29, 0.717) is 31.8 Å². The van der Waals surface area contributed by atoms with E-state index < -0.39 is 0 Å². The van der Waals surface area contributed by atoms with Crippen molar-refractivity contribution in [2.45, 2.75) is 25.0 Å². The molecule has 1 amide bonds. The molecular formula is C14H19N5O3. The third kappa shape index (κ3) is 3.45. The zero-order valence-electron chi connectivity index (χ0n) is 12.4. The number of ether oxygens (including phenoxy) is 2. The van der Waals surface area contributed by atoms with E-state index in [-0.39, 0.29) is 18.1 Å². The predicted molar refractivity (Wildman–Crippen MR) is 77.3 cm³/mol. The zero-order chi connectivity index (χ0) is 15.4. The van der Waals surface area contributed by atoms with Crippen LogP contribution in [0.1, 0.15) is 12.1 Å². The van der Waals surface area contributed by atoms with Gasteiger partial charge in [-0.25, -0.2) is 4.98 Å². The number of imidazole rings is 1. The Morgan fingerprint density at radius 2 is 2.45 bits per heavy atom. The van der Waals surface area contributed by atoms with Crippen molar-refractivity contribution < 1.29 is 14.3 Å². The number of rotatable bonds is 6. The molecule has 0 saturated carbocycles. The zero-order valence-corrected chi connectivity index (χ0v) is 12.4. The van der Waals surface area contributed by atoms with Gasteiger partial charge in [-0.2, -0.15) is 5.10 Å². The van der Waals surface area contributed by atoms with Crippen molar-refractivity contribution in [2.75, 3.05) is 13.2 Å². The Morgan fingerprint density at radius 1 is 1.55 bits per heavy atom. The van der Waals surface area contributed by atoms with Crippen LogP contribution in [0.3, 0.4) is 0 Å². The van der Waals surface area contributed by atoms with Gasteiger partial charge in [-0.15, -0.1) is 0 Å². The van der Waals surface area contributed by atoms with Crippen LogP contribution in [0, 0.1) is 0 Å². The maximum Gasteiger partial charge on any atom is 0.220 e. The molecule has 0 aromatic carbocycles. The van der Waals surface area contributed by atoms with Crippen LogP contribution in [-0.4, -0.2) is 51.0 Å². The van der Waals surface area contributed by atoms with Gasteiger partial charge in [0, 0.05) is 25.4 Å². The first-order chi connectivity index (χ1) is 10.7. The minimum atomic E-state index is -0.196. The highest BCUT2D eigenvalue weighted by Gasteiger charge is 2.31. The standard InChI is InChI=1S/C14H19N5O3/c1-19-9-15-4-10(19)2-3-14(20)18-12-7-21-8-13(12)22-11-5-16-17-6-11/h4-6,9,12-13H,2-3,7-8H2,1H3,(H,16,17)(H,18,20)/t12-,13+/m0/s1. The molecule has 2 N–H and O–H groups in total. The summed E-state index contributed by atoms with van der Waals surface area (Å²) in [5.41, 5.74) is 1.03. The fraction of sp³-hybridized carbons (Fsp3) is 0.500. The van der Waals surface area contributed by atoms with Gasteiger partial charge in [-0.3, -0.25) is 9.89 Å². The van der Waals surface area contributed by atoms with E-state index in [9.17, 15) is 4.79 Å². The summed E-state index contributed by atoms with van der Waals surface area (Å²) < 4.78 is 13.1. The van der Waals surface area contributed by atoms with Crippen molar-refractivity contribution >= 4 is 5.91 Å². The van der Waals surface area contributed by atoms with Gasteiger partial charge in [0.25, 0.3) is 0 Å². The first-order valence-corrected chi connectivity index (χ1v) is 7.20. The summed E-state index contributed by atoms with van der Waals surface area (Å²) in [7, 11) is 1.92. The molecule has 1 saturated heterocycles. The van der Waals surface area contributed by atoms with Crippen molar-refractivity contribution in [3.8, 4) is 5.75 Å². The molecule has 2 aromatic heterocycles. The smallest absolute Gasteiger partial charge is 0.220 e. The number of carbonyl (C=O) groups is 1. The largest absolute Gasteiger partial charge is 0.482 e. The van der Waals surface area contributed by atoms with Crippen molar-refractivity contribution in [3.05, 3.63) is 30.6 Å². The van der Waals surface area contributed by atoms with Crippen LogP contribution in [0.25, 0.3) is 0 Å². The topological polar surface area (TPSA) is 94.1 Å². The van der Waals surface area contributed by atoms with Crippen molar-refractivity contribution in [1.29, 1.82) is 0 Å². The van der Waals surface area contributed by atoms with Crippen LogP contribution in [0.2, 0.25) is 0 Å². The lowest BCUT2D eigenvalue weighted by Crippen LogP contribution is -2.45. The lowest BCUT2D eigenvalue weighted by atomic mass is 10.2. The maximum absolute atomic E-state index is 12.1. The molecule has 8 heteroatoms. The van der Waals surface area contributed by atoms with Gasteiger partial charge in [-0.05, 0) is 6.42 Å². The summed E-state index contributed by atoms with van der Waals surface area (Å²) in [6, 6.07) is -0.145. The van der Waals surface area contributed by atoms with E-state index in [1.54, 1.807) is 24.9 Å². The normalized spacial score (nSPS) is 21.0. The number of hydrogen-bond acceptors (Lipinski definition) is 5. The fourth-order valence-corrected chi connectivity index (χ4v) is 2.41. The lowest BCUT2D eigenvalue weighted by Gasteiger charge is -2.19. The van der Waals surface area contributed by atoms with E-state index in [4.69, 9.17) is 9.47 Å². The highest BCUT2D eigenvalue weighted by atomic mass is 16.5. The number of amides is 1. The quantitative estimate of drug-likeness (QED) is 0.786. The molecule has 0 radical (unpaired) electrons. The van der Waals surface area contributed by atoms with Crippen molar-refractivity contribution in [3.63, 3.8) is 0 Å². The molecule has 22 heavy (non-hydrogen) atoms. The van der Waals surface area contributed by atoms with Gasteiger partial charge in [0.1, 0.15) is 6.10 Å². The number of nitrogens with one attached hydrogen (secondary N) is 2. The number of hydrogen-bond donors (Lipinski definition) is 2. The summed E-state index contributed by atoms with van der Waals surface area (Å²) in [6.07, 6.45) is 7.64. The van der Waals surface area contributed by atoms with Gasteiger partial charge < -0.3 is 19.4 Å². The molecule has 118 valence electrons. The average molecular weight is 305 g/mol. The van der Waals surface area contributed by atoms with Gasteiger partial charge >= 0.3 is 0 Å². The number of carbonyl (C=O) groups excluding carboxylic acids is 1. The third-order valence-electron chi connectivity index (χ3n) is 3.66. The number of aryl methyl sites for hydroxylation is 2. The predicted octanol–water partition coefficient (Wildman–Crippen LogP) is 0.0384. The molecule has 1 aliphatic rings. The molecule has 3 heterocycles. The Hall–Kier alpha value is -2.35. The Kier molecular flexibility index (Phi) is 4.38. The molecule has 0 unspecified atom stereocenters. The minimum absolute atomic E-state index is 0.0162. The number of nitrogens with zero attached hydrogens (tertiary/aromatic N) is 3. The van der Waals surface area contributed by atoms with Crippen LogP contribution >= 0.6 is 0 Å². The maximum atomic E-state index is 12.1. The fourth-order valence-electron chi connectivity index (χ4n) is 2.41. The molecule has 8 nitrogen and oxygen atoms in total. The molecule has 1 fully saturated rings. The minimum Gasteiger partial charge on any atom is -0.482 e. The molecule has 0 spiro atoms. The van der Waals surface area contributed by atoms with Crippen LogP contribution in [0.5, 0.6) is 5.75 Å². The summed E-state index contributed by atoms with van der Waals surface area (Å²) in [5, 5.41) is 9.49. The van der Waals surface area contributed by atoms with Gasteiger partial charge in [0.05, 0.1) is 38.0 Å². The molecule has 0 aliphatic carbocycles. The number of aromatic amines is 1. The summed E-state index contributed by atoms with van der Waals surface area (Å²) in [5.74, 6) is 0.627. The molecule has 1 aliphatic heterocycles. The first kappa shape index (κ1) is 14.6. The van der Waals surface area contributed by atoms with E-state index in [1.807, 2.05) is 11.6 Å². The lowest BCUT2D eigenvalue weighted by molar-refractivity contribution is -0.122. The monoisotopic (exact) mass is 305 g/mol. The van der Waals surface area contributed by atoms with Crippen LogP contribution in [0.4, 0.5) is 0 Å². The molecule has 3 rings (SSSR count). The highest BCUT2D eigenvalue weighted by Crippen LogP contribution is 2.15. The second-order valence-electron chi connectivity index (χ2n) is 5.30. The SMILES string of the molecule is Cn1cncc1CCC(=O)N[C@H]1COC[C@H]1Oc1cn[nH]c1. The van der Waals surface area contributed by atoms with E-state index in [2.05, 4.69) is 20.5 Å². The molecule has 2 atom stereocenters.